The van der Waals surface area contributed by atoms with Gasteiger partial charge in [0, 0.05) is 88.6 Å². The second-order valence-corrected chi connectivity index (χ2v) is 11.4. The fourth-order valence-corrected chi connectivity index (χ4v) is 6.71. The van der Waals surface area contributed by atoms with Crippen LogP contribution < -0.4 is 9.80 Å². The summed E-state index contributed by atoms with van der Waals surface area (Å²) in [5, 5.41) is 2.87. The number of rotatable bonds is 4. The van der Waals surface area contributed by atoms with Crippen LogP contribution in [0.5, 0.6) is 0 Å². The molecule has 0 unspecified atom stereocenters. The van der Waals surface area contributed by atoms with E-state index in [1.807, 2.05) is 38.3 Å². The largest absolute Gasteiger partial charge is 0.368 e. The summed E-state index contributed by atoms with van der Waals surface area (Å²) in [4.78, 5) is 45.7. The molecule has 11 heteroatoms. The van der Waals surface area contributed by atoms with Gasteiger partial charge in [-0.2, -0.15) is 0 Å². The Kier molecular flexibility index (Phi) is 7.81. The van der Waals surface area contributed by atoms with E-state index in [0.717, 1.165) is 42.4 Å². The van der Waals surface area contributed by atoms with Crippen molar-refractivity contribution in [1.82, 2.24) is 24.7 Å². The number of aromatic nitrogens is 2. The number of carbonyl (C=O) groups excluding carboxylic acids is 2. The van der Waals surface area contributed by atoms with Gasteiger partial charge in [0.05, 0.1) is 5.01 Å². The van der Waals surface area contributed by atoms with E-state index >= 15 is 0 Å². The Morgan fingerprint density at radius 3 is 2.10 bits per heavy atom. The van der Waals surface area contributed by atoms with Gasteiger partial charge in [-0.3, -0.25) is 4.79 Å². The van der Waals surface area contributed by atoms with Crippen LogP contribution in [0.2, 0.25) is 0 Å². The molecule has 5 heterocycles. The molecule has 0 saturated carbocycles. The Bertz CT molecular complexity index is 1300. The van der Waals surface area contributed by atoms with Crippen molar-refractivity contribution in [3.8, 4) is 0 Å². The molecule has 210 valence electrons. The molecular formula is C29H34FN7O2S. The first kappa shape index (κ1) is 26.5. The van der Waals surface area contributed by atoms with Crippen LogP contribution in [0.15, 0.2) is 54.0 Å². The van der Waals surface area contributed by atoms with Crippen molar-refractivity contribution in [2.45, 2.75) is 18.8 Å². The normalized spacial score (nSPS) is 18.8. The highest BCUT2D eigenvalue weighted by Gasteiger charge is 2.31. The van der Waals surface area contributed by atoms with Crippen LogP contribution >= 0.6 is 11.3 Å². The number of hydrogen-bond acceptors (Lipinski definition) is 7. The standard InChI is InChI=1S/C29H34FN7O2S/c30-23-4-6-24(7-5-23)33-13-17-35(18-14-33)28(38)25-21-40-27(32-25)22-8-11-36(12-9-22)29(39)37-19-15-34(16-20-37)26-3-1-2-10-31-26/h1-7,10,21-22H,8-9,11-20H2. The molecule has 2 aromatic heterocycles. The summed E-state index contributed by atoms with van der Waals surface area (Å²) in [5.74, 6) is 0.958. The first-order valence-corrected chi connectivity index (χ1v) is 14.9. The van der Waals surface area contributed by atoms with Gasteiger partial charge >= 0.3 is 6.03 Å². The third-order valence-electron chi connectivity index (χ3n) is 8.14. The summed E-state index contributed by atoms with van der Waals surface area (Å²) < 4.78 is 13.2. The molecule has 6 rings (SSSR count). The molecule has 3 fully saturated rings. The Morgan fingerprint density at radius 1 is 0.775 bits per heavy atom. The smallest absolute Gasteiger partial charge is 0.320 e. The Labute approximate surface area is 237 Å². The van der Waals surface area contributed by atoms with Crippen LogP contribution in [0.1, 0.15) is 34.3 Å². The van der Waals surface area contributed by atoms with Gasteiger partial charge in [0.2, 0.25) is 0 Å². The summed E-state index contributed by atoms with van der Waals surface area (Å²) >= 11 is 1.55. The molecule has 0 atom stereocenters. The van der Waals surface area contributed by atoms with Crippen molar-refractivity contribution < 1.29 is 14.0 Å². The molecule has 3 aliphatic heterocycles. The molecule has 0 radical (unpaired) electrons. The minimum absolute atomic E-state index is 0.0290. The lowest BCUT2D eigenvalue weighted by molar-refractivity contribution is 0.0741. The SMILES string of the molecule is O=C(c1csc(C2CCN(C(=O)N3CCN(c4ccccn4)CC3)CC2)n1)N1CCN(c2ccc(F)cc2)CC1. The second kappa shape index (κ2) is 11.8. The van der Waals surface area contributed by atoms with E-state index in [9.17, 15) is 14.0 Å². The van der Waals surface area contributed by atoms with Crippen LogP contribution in [-0.2, 0) is 0 Å². The summed E-state index contributed by atoms with van der Waals surface area (Å²) in [6.45, 7) is 7.03. The van der Waals surface area contributed by atoms with E-state index in [1.54, 1.807) is 29.7 Å². The molecule has 3 saturated heterocycles. The number of amides is 3. The number of carbonyl (C=O) groups is 2. The number of pyridine rings is 1. The molecule has 0 bridgehead atoms. The Hall–Kier alpha value is -3.73. The molecule has 3 amide bonds. The number of hydrogen-bond donors (Lipinski definition) is 0. The fourth-order valence-electron chi connectivity index (χ4n) is 5.74. The highest BCUT2D eigenvalue weighted by molar-refractivity contribution is 7.09. The fraction of sp³-hybridized carbons (Fsp3) is 0.448. The average molecular weight is 564 g/mol. The number of benzene rings is 1. The van der Waals surface area contributed by atoms with Crippen LogP contribution in [0, 0.1) is 5.82 Å². The predicted molar refractivity (Wildman–Crippen MR) is 154 cm³/mol. The van der Waals surface area contributed by atoms with Gasteiger partial charge in [0.1, 0.15) is 17.3 Å². The third kappa shape index (κ3) is 5.74. The lowest BCUT2D eigenvalue weighted by Crippen LogP contribution is -2.54. The van der Waals surface area contributed by atoms with E-state index in [0.29, 0.717) is 58.1 Å². The maximum Gasteiger partial charge on any atom is 0.320 e. The van der Waals surface area contributed by atoms with Gasteiger partial charge in [-0.15, -0.1) is 11.3 Å². The van der Waals surface area contributed by atoms with Gasteiger partial charge in [-0.1, -0.05) is 6.07 Å². The number of likely N-dealkylation sites (tertiary alicyclic amines) is 1. The minimum atomic E-state index is -0.246. The van der Waals surface area contributed by atoms with Gasteiger partial charge in [-0.25, -0.2) is 19.2 Å². The molecule has 3 aromatic rings. The summed E-state index contributed by atoms with van der Waals surface area (Å²) in [5.41, 5.74) is 1.49. The number of anilines is 2. The van der Waals surface area contributed by atoms with Crippen molar-refractivity contribution in [3.05, 3.63) is 70.6 Å². The monoisotopic (exact) mass is 563 g/mol. The molecule has 9 nitrogen and oxygen atoms in total. The number of thiazole rings is 1. The van der Waals surface area contributed by atoms with E-state index in [1.165, 1.54) is 12.1 Å². The van der Waals surface area contributed by atoms with Gasteiger partial charge in [-0.05, 0) is 49.2 Å². The number of piperazine rings is 2. The quantitative estimate of drug-likeness (QED) is 0.481. The van der Waals surface area contributed by atoms with Gasteiger partial charge < -0.3 is 24.5 Å². The first-order valence-electron chi connectivity index (χ1n) is 14.0. The van der Waals surface area contributed by atoms with E-state index in [2.05, 4.69) is 14.8 Å². The zero-order valence-electron chi connectivity index (χ0n) is 22.5. The lowest BCUT2D eigenvalue weighted by atomic mass is 9.98. The predicted octanol–water partition coefficient (Wildman–Crippen LogP) is 3.76. The van der Waals surface area contributed by atoms with E-state index < -0.39 is 0 Å². The van der Waals surface area contributed by atoms with E-state index in [4.69, 9.17) is 4.98 Å². The maximum absolute atomic E-state index is 13.2. The average Bonchev–Trinajstić information content (AvgIpc) is 3.52. The Balaban J connectivity index is 0.966. The van der Waals surface area contributed by atoms with Crippen LogP contribution in [0.25, 0.3) is 0 Å². The Morgan fingerprint density at radius 2 is 1.43 bits per heavy atom. The van der Waals surface area contributed by atoms with Crippen molar-refractivity contribution in [2.24, 2.45) is 0 Å². The molecule has 0 aliphatic carbocycles. The summed E-state index contributed by atoms with van der Waals surface area (Å²) in [6.07, 6.45) is 3.52. The molecule has 0 N–H and O–H groups in total. The highest BCUT2D eigenvalue weighted by atomic mass is 32.1. The molecule has 3 aliphatic rings. The van der Waals surface area contributed by atoms with Crippen LogP contribution in [-0.4, -0.2) is 102 Å². The lowest BCUT2D eigenvalue weighted by Gasteiger charge is -2.39. The third-order valence-corrected chi connectivity index (χ3v) is 9.15. The summed E-state index contributed by atoms with van der Waals surface area (Å²) in [6, 6.07) is 12.5. The maximum atomic E-state index is 13.2. The van der Waals surface area contributed by atoms with Crippen molar-refractivity contribution in [3.63, 3.8) is 0 Å². The minimum Gasteiger partial charge on any atom is -0.368 e. The van der Waals surface area contributed by atoms with Crippen molar-refractivity contribution in [2.75, 3.05) is 75.2 Å². The summed E-state index contributed by atoms with van der Waals surface area (Å²) in [7, 11) is 0. The zero-order valence-corrected chi connectivity index (χ0v) is 23.3. The highest BCUT2D eigenvalue weighted by Crippen LogP contribution is 2.31. The molecule has 1 aromatic carbocycles. The molecular weight excluding hydrogens is 529 g/mol. The van der Waals surface area contributed by atoms with E-state index in [-0.39, 0.29) is 23.7 Å². The van der Waals surface area contributed by atoms with Crippen molar-refractivity contribution >= 4 is 34.8 Å². The van der Waals surface area contributed by atoms with Gasteiger partial charge in [0.15, 0.2) is 0 Å². The number of urea groups is 1. The van der Waals surface area contributed by atoms with Crippen LogP contribution in [0.4, 0.5) is 20.7 Å². The molecule has 40 heavy (non-hydrogen) atoms. The molecule has 0 spiro atoms. The first-order chi connectivity index (χ1) is 19.5. The zero-order chi connectivity index (χ0) is 27.5. The van der Waals surface area contributed by atoms with Crippen molar-refractivity contribution in [1.29, 1.82) is 0 Å². The van der Waals surface area contributed by atoms with Gasteiger partial charge in [0.25, 0.3) is 5.91 Å². The number of halogens is 1. The second-order valence-electron chi connectivity index (χ2n) is 10.5. The number of nitrogens with zero attached hydrogens (tertiary/aromatic N) is 7. The van der Waals surface area contributed by atoms with Crippen LogP contribution in [0.3, 0.4) is 0 Å². The topological polar surface area (TPSA) is 76.1 Å². The number of piperidine rings is 1.